The highest BCUT2D eigenvalue weighted by Crippen LogP contribution is 2.27. The number of piperidine rings is 1. The lowest BCUT2D eigenvalue weighted by molar-refractivity contribution is -0.146. The summed E-state index contributed by atoms with van der Waals surface area (Å²) in [6.45, 7) is 3.33. The summed E-state index contributed by atoms with van der Waals surface area (Å²) in [7, 11) is 1.41. The Kier molecular flexibility index (Phi) is 6.20. The van der Waals surface area contributed by atoms with Gasteiger partial charge in [0.1, 0.15) is 11.4 Å². The summed E-state index contributed by atoms with van der Waals surface area (Å²) >= 11 is 1.41. The number of nitrogens with zero attached hydrogens (tertiary/aromatic N) is 3. The smallest absolute Gasteiger partial charge is 0.343 e. The van der Waals surface area contributed by atoms with Crippen molar-refractivity contribution in [2.75, 3.05) is 38.0 Å². The van der Waals surface area contributed by atoms with Crippen molar-refractivity contribution >= 4 is 29.5 Å². The summed E-state index contributed by atoms with van der Waals surface area (Å²) < 4.78 is 9.88. The van der Waals surface area contributed by atoms with Gasteiger partial charge in [0.25, 0.3) is 0 Å². The van der Waals surface area contributed by atoms with Crippen LogP contribution in [0.1, 0.15) is 30.1 Å². The first-order chi connectivity index (χ1) is 11.1. The van der Waals surface area contributed by atoms with E-state index in [1.807, 2.05) is 11.2 Å². The summed E-state index contributed by atoms with van der Waals surface area (Å²) in [5.74, 6) is -0.122. The Balaban J connectivity index is 2.20. The van der Waals surface area contributed by atoms with Crippen LogP contribution in [0.3, 0.4) is 0 Å². The van der Waals surface area contributed by atoms with Crippen LogP contribution in [0.2, 0.25) is 0 Å². The van der Waals surface area contributed by atoms with Crippen LogP contribution in [-0.2, 0) is 14.3 Å². The molecule has 1 aliphatic heterocycles. The SMILES string of the molecule is CCOC(=O)c1cnc(SC)nc1N1CCC(C(=O)OC)CC1. The summed E-state index contributed by atoms with van der Waals surface area (Å²) in [5.41, 5.74) is 0.362. The minimum absolute atomic E-state index is 0.0934. The number of carbonyl (C=O) groups excluding carboxylic acids is 2. The fourth-order valence-corrected chi connectivity index (χ4v) is 2.88. The van der Waals surface area contributed by atoms with Crippen LogP contribution in [0.4, 0.5) is 5.82 Å². The third-order valence-electron chi connectivity index (χ3n) is 3.75. The number of carbonyl (C=O) groups is 2. The largest absolute Gasteiger partial charge is 0.469 e. The Hall–Kier alpha value is -1.83. The van der Waals surface area contributed by atoms with Gasteiger partial charge in [-0.2, -0.15) is 0 Å². The van der Waals surface area contributed by atoms with E-state index in [1.54, 1.807) is 6.92 Å². The minimum atomic E-state index is -0.426. The van der Waals surface area contributed by atoms with E-state index in [2.05, 4.69) is 9.97 Å². The molecule has 23 heavy (non-hydrogen) atoms. The molecule has 1 aromatic heterocycles. The van der Waals surface area contributed by atoms with Crippen LogP contribution in [-0.4, -0.2) is 55.0 Å². The minimum Gasteiger partial charge on any atom is -0.469 e. The second-order valence-electron chi connectivity index (χ2n) is 5.10. The van der Waals surface area contributed by atoms with Crippen molar-refractivity contribution in [3.05, 3.63) is 11.8 Å². The van der Waals surface area contributed by atoms with Crippen molar-refractivity contribution in [1.82, 2.24) is 9.97 Å². The Morgan fingerprint density at radius 1 is 1.39 bits per heavy atom. The molecule has 0 N–H and O–H groups in total. The van der Waals surface area contributed by atoms with Crippen LogP contribution in [0.25, 0.3) is 0 Å². The number of hydrogen-bond acceptors (Lipinski definition) is 8. The molecule has 126 valence electrons. The Bertz CT molecular complexity index is 574. The van der Waals surface area contributed by atoms with E-state index < -0.39 is 5.97 Å². The highest BCUT2D eigenvalue weighted by molar-refractivity contribution is 7.98. The van der Waals surface area contributed by atoms with Gasteiger partial charge in [-0.3, -0.25) is 4.79 Å². The van der Waals surface area contributed by atoms with Gasteiger partial charge in [-0.25, -0.2) is 14.8 Å². The predicted molar refractivity (Wildman–Crippen MR) is 86.7 cm³/mol. The summed E-state index contributed by atoms with van der Waals surface area (Å²) in [5, 5.41) is 0.600. The van der Waals surface area contributed by atoms with Gasteiger partial charge in [0.15, 0.2) is 5.16 Å². The van der Waals surface area contributed by atoms with E-state index in [0.29, 0.717) is 49.1 Å². The van der Waals surface area contributed by atoms with Gasteiger partial charge in [-0.05, 0) is 26.0 Å². The zero-order valence-corrected chi connectivity index (χ0v) is 14.4. The molecule has 8 heteroatoms. The highest BCUT2D eigenvalue weighted by Gasteiger charge is 2.29. The Morgan fingerprint density at radius 3 is 2.65 bits per heavy atom. The molecule has 0 spiro atoms. The molecular weight excluding hydrogens is 318 g/mol. The van der Waals surface area contributed by atoms with Crippen LogP contribution < -0.4 is 4.90 Å². The van der Waals surface area contributed by atoms with Gasteiger partial charge in [-0.15, -0.1) is 0 Å². The van der Waals surface area contributed by atoms with Gasteiger partial charge in [0.2, 0.25) is 0 Å². The molecule has 1 saturated heterocycles. The number of thioether (sulfide) groups is 1. The van der Waals surface area contributed by atoms with Crippen molar-refractivity contribution in [1.29, 1.82) is 0 Å². The standard InChI is InChI=1S/C15H21N3O4S/c1-4-22-14(20)11-9-16-15(23-3)17-12(11)18-7-5-10(6-8-18)13(19)21-2/h9-10H,4-8H2,1-3H3. The van der Waals surface area contributed by atoms with Crippen LogP contribution in [0.15, 0.2) is 11.4 Å². The van der Waals surface area contributed by atoms with Crippen molar-refractivity contribution in [3.8, 4) is 0 Å². The molecule has 0 aromatic carbocycles. The first-order valence-corrected chi connectivity index (χ1v) is 8.74. The molecule has 1 aromatic rings. The lowest BCUT2D eigenvalue weighted by Crippen LogP contribution is -2.38. The van der Waals surface area contributed by atoms with Crippen molar-refractivity contribution < 1.29 is 19.1 Å². The van der Waals surface area contributed by atoms with Crippen molar-refractivity contribution in [2.24, 2.45) is 5.92 Å². The van der Waals surface area contributed by atoms with E-state index in [0.717, 1.165) is 0 Å². The summed E-state index contributed by atoms with van der Waals surface area (Å²) in [6, 6.07) is 0. The molecule has 7 nitrogen and oxygen atoms in total. The second kappa shape index (κ2) is 8.14. The molecule has 0 atom stereocenters. The van der Waals surface area contributed by atoms with Gasteiger partial charge in [0, 0.05) is 19.3 Å². The molecule has 0 radical (unpaired) electrons. The van der Waals surface area contributed by atoms with Crippen molar-refractivity contribution in [2.45, 2.75) is 24.9 Å². The van der Waals surface area contributed by atoms with Gasteiger partial charge < -0.3 is 14.4 Å². The average molecular weight is 339 g/mol. The van der Waals surface area contributed by atoms with E-state index >= 15 is 0 Å². The topological polar surface area (TPSA) is 81.6 Å². The number of ether oxygens (including phenoxy) is 2. The van der Waals surface area contributed by atoms with Crippen LogP contribution in [0.5, 0.6) is 0 Å². The van der Waals surface area contributed by atoms with E-state index in [1.165, 1.54) is 25.1 Å². The maximum Gasteiger partial charge on any atom is 0.343 e. The number of hydrogen-bond donors (Lipinski definition) is 0. The maximum absolute atomic E-state index is 12.1. The quantitative estimate of drug-likeness (QED) is 0.456. The van der Waals surface area contributed by atoms with Gasteiger partial charge >= 0.3 is 11.9 Å². The van der Waals surface area contributed by atoms with Gasteiger partial charge in [0.05, 0.1) is 19.6 Å². The lowest BCUT2D eigenvalue weighted by Gasteiger charge is -2.32. The fourth-order valence-electron chi connectivity index (χ4n) is 2.54. The molecule has 0 aliphatic carbocycles. The predicted octanol–water partition coefficient (Wildman–Crippen LogP) is 1.76. The van der Waals surface area contributed by atoms with Crippen LogP contribution in [0, 0.1) is 5.92 Å². The molecule has 0 unspecified atom stereocenters. The zero-order chi connectivity index (χ0) is 16.8. The number of rotatable bonds is 5. The molecular formula is C15H21N3O4S. The van der Waals surface area contributed by atoms with Crippen molar-refractivity contribution in [3.63, 3.8) is 0 Å². The average Bonchev–Trinajstić information content (AvgIpc) is 2.60. The number of aromatic nitrogens is 2. The fraction of sp³-hybridized carbons (Fsp3) is 0.600. The molecule has 0 amide bonds. The first kappa shape index (κ1) is 17.5. The summed E-state index contributed by atoms with van der Waals surface area (Å²) in [4.78, 5) is 34.4. The van der Waals surface area contributed by atoms with Crippen LogP contribution >= 0.6 is 11.8 Å². The number of methoxy groups -OCH3 is 1. The molecule has 1 fully saturated rings. The zero-order valence-electron chi connectivity index (χ0n) is 13.6. The normalized spacial score (nSPS) is 15.3. The third kappa shape index (κ3) is 4.13. The number of anilines is 1. The molecule has 2 rings (SSSR count). The monoisotopic (exact) mass is 339 g/mol. The highest BCUT2D eigenvalue weighted by atomic mass is 32.2. The molecule has 1 aliphatic rings. The first-order valence-electron chi connectivity index (χ1n) is 7.51. The maximum atomic E-state index is 12.1. The molecule has 0 saturated carbocycles. The Morgan fingerprint density at radius 2 is 2.09 bits per heavy atom. The van der Waals surface area contributed by atoms with Gasteiger partial charge in [-0.1, -0.05) is 11.8 Å². The summed E-state index contributed by atoms with van der Waals surface area (Å²) in [6.07, 6.45) is 4.74. The third-order valence-corrected chi connectivity index (χ3v) is 4.32. The lowest BCUT2D eigenvalue weighted by atomic mass is 9.97. The van der Waals surface area contributed by atoms with E-state index in [9.17, 15) is 9.59 Å². The van der Waals surface area contributed by atoms with E-state index in [4.69, 9.17) is 9.47 Å². The van der Waals surface area contributed by atoms with E-state index in [-0.39, 0.29) is 11.9 Å². The second-order valence-corrected chi connectivity index (χ2v) is 5.87. The number of esters is 2. The Labute approximate surface area is 139 Å². The molecule has 0 bridgehead atoms. The molecule has 2 heterocycles.